The molecular formula is C19H21Br4O4P. The van der Waals surface area contributed by atoms with Crippen molar-refractivity contribution in [2.45, 2.75) is 19.5 Å². The van der Waals surface area contributed by atoms with Crippen LogP contribution in [0.4, 0.5) is 0 Å². The van der Waals surface area contributed by atoms with Gasteiger partial charge in [0.25, 0.3) is 0 Å². The highest BCUT2D eigenvalue weighted by Gasteiger charge is 2.28. The van der Waals surface area contributed by atoms with Gasteiger partial charge in [-0.1, -0.05) is 45.7 Å². The van der Waals surface area contributed by atoms with Gasteiger partial charge in [-0.15, -0.1) is 0 Å². The van der Waals surface area contributed by atoms with E-state index >= 15 is 0 Å². The van der Waals surface area contributed by atoms with E-state index in [1.165, 1.54) is 0 Å². The summed E-state index contributed by atoms with van der Waals surface area (Å²) in [6, 6.07) is 8.16. The zero-order chi connectivity index (χ0) is 20.8. The zero-order valence-electron chi connectivity index (χ0n) is 15.9. The van der Waals surface area contributed by atoms with Crippen LogP contribution >= 0.6 is 71.6 Å². The van der Waals surface area contributed by atoms with E-state index in [0.717, 1.165) is 40.0 Å². The molecule has 2 rings (SSSR count). The van der Waals surface area contributed by atoms with Crippen LogP contribution in [0.15, 0.2) is 42.2 Å². The third-order valence-corrected chi connectivity index (χ3v) is 8.48. The Morgan fingerprint density at radius 3 is 1.46 bits per heavy atom. The van der Waals surface area contributed by atoms with Crippen molar-refractivity contribution in [2.75, 3.05) is 27.8 Å². The van der Waals surface area contributed by atoms with Crippen LogP contribution in [0.25, 0.3) is 0 Å². The number of halogens is 4. The SMILES string of the molecule is COCOc1c(Br)cc(Br)cc1P(c1cc(Br)cc(Br)c1OCOC)C(C)C. The first-order valence-electron chi connectivity index (χ1n) is 8.30. The Morgan fingerprint density at radius 1 is 0.750 bits per heavy atom. The maximum absolute atomic E-state index is 5.94. The first kappa shape index (κ1) is 24.6. The Kier molecular flexibility index (Phi) is 10.2. The molecule has 9 heteroatoms. The molecule has 0 amide bonds. The maximum atomic E-state index is 5.94. The minimum Gasteiger partial charge on any atom is -0.466 e. The molecule has 4 nitrogen and oxygen atoms in total. The summed E-state index contributed by atoms with van der Waals surface area (Å²) < 4.78 is 25.9. The van der Waals surface area contributed by atoms with Gasteiger partial charge in [-0.25, -0.2) is 0 Å². The van der Waals surface area contributed by atoms with Crippen molar-refractivity contribution in [1.29, 1.82) is 0 Å². The van der Waals surface area contributed by atoms with Gasteiger partial charge in [0.1, 0.15) is 11.5 Å². The van der Waals surface area contributed by atoms with Crippen molar-refractivity contribution in [1.82, 2.24) is 0 Å². The molecule has 28 heavy (non-hydrogen) atoms. The Hall–Kier alpha value is 0.310. The van der Waals surface area contributed by atoms with E-state index < -0.39 is 7.92 Å². The summed E-state index contributed by atoms with van der Waals surface area (Å²) in [5.41, 5.74) is 0.326. The van der Waals surface area contributed by atoms with Gasteiger partial charge in [-0.05, 0) is 69.7 Å². The van der Waals surface area contributed by atoms with E-state index in [4.69, 9.17) is 18.9 Å². The smallest absolute Gasteiger partial charge is 0.188 e. The third kappa shape index (κ3) is 6.16. The minimum atomic E-state index is -0.830. The molecule has 0 aliphatic carbocycles. The van der Waals surface area contributed by atoms with Gasteiger partial charge >= 0.3 is 0 Å². The summed E-state index contributed by atoms with van der Waals surface area (Å²) in [6.45, 7) is 4.75. The molecule has 0 saturated heterocycles. The van der Waals surface area contributed by atoms with Crippen LogP contribution in [0.1, 0.15) is 13.8 Å². The normalized spacial score (nSPS) is 11.4. The highest BCUT2D eigenvalue weighted by molar-refractivity contribution is 9.11. The highest BCUT2D eigenvalue weighted by Crippen LogP contribution is 2.48. The molecule has 0 aromatic heterocycles. The van der Waals surface area contributed by atoms with Gasteiger partial charge in [0.05, 0.1) is 8.95 Å². The minimum absolute atomic E-state index is 0.170. The second-order valence-electron chi connectivity index (χ2n) is 6.04. The van der Waals surface area contributed by atoms with Crippen molar-refractivity contribution in [3.8, 4) is 11.5 Å². The molecule has 0 atom stereocenters. The number of rotatable bonds is 9. The number of benzene rings is 2. The standard InChI is InChI=1S/C19H21Br4O4P/c1-11(2)28(16-7-12(20)5-14(22)18(16)26-9-24-3)17-8-13(21)6-15(23)19(17)27-10-25-4/h5-8,11H,9-10H2,1-4H3. The van der Waals surface area contributed by atoms with Gasteiger partial charge in [0.2, 0.25) is 0 Å². The van der Waals surface area contributed by atoms with Crippen LogP contribution in [-0.2, 0) is 9.47 Å². The van der Waals surface area contributed by atoms with Gasteiger partial charge in [-0.3, -0.25) is 0 Å². The summed E-state index contributed by atoms with van der Waals surface area (Å²) >= 11 is 14.5. The number of ether oxygens (including phenoxy) is 4. The summed E-state index contributed by atoms with van der Waals surface area (Å²) in [5, 5.41) is 2.19. The summed E-state index contributed by atoms with van der Waals surface area (Å²) in [6.07, 6.45) is 0. The van der Waals surface area contributed by atoms with Gasteiger partial charge in [0, 0.05) is 33.8 Å². The fourth-order valence-electron chi connectivity index (χ4n) is 2.66. The lowest BCUT2D eigenvalue weighted by molar-refractivity contribution is 0.0513. The number of methoxy groups -OCH3 is 2. The average Bonchev–Trinajstić information content (AvgIpc) is 2.60. The Morgan fingerprint density at radius 2 is 1.14 bits per heavy atom. The van der Waals surface area contributed by atoms with E-state index in [2.05, 4.69) is 89.7 Å². The van der Waals surface area contributed by atoms with E-state index in [-0.39, 0.29) is 13.6 Å². The summed E-state index contributed by atoms with van der Waals surface area (Å²) in [4.78, 5) is 0. The van der Waals surface area contributed by atoms with E-state index in [0.29, 0.717) is 5.66 Å². The molecule has 0 radical (unpaired) electrons. The lowest BCUT2D eigenvalue weighted by atomic mass is 10.3. The largest absolute Gasteiger partial charge is 0.466 e. The first-order valence-corrected chi connectivity index (χ1v) is 12.9. The second-order valence-corrected chi connectivity index (χ2v) is 12.3. The molecule has 0 spiro atoms. The second kappa shape index (κ2) is 11.6. The molecule has 0 aliphatic rings. The molecular weight excluding hydrogens is 643 g/mol. The topological polar surface area (TPSA) is 36.9 Å². The molecule has 0 aliphatic heterocycles. The maximum Gasteiger partial charge on any atom is 0.188 e. The molecule has 2 aromatic rings. The predicted octanol–water partition coefficient (Wildman–Crippen LogP) is 6.54. The molecule has 0 unspecified atom stereocenters. The Labute approximate surface area is 200 Å². The quantitative estimate of drug-likeness (QED) is 0.226. The lowest BCUT2D eigenvalue weighted by Gasteiger charge is -2.28. The fourth-order valence-corrected chi connectivity index (χ4v) is 8.73. The molecule has 0 saturated carbocycles. The molecule has 0 N–H and O–H groups in total. The summed E-state index contributed by atoms with van der Waals surface area (Å²) in [7, 11) is 2.39. The van der Waals surface area contributed by atoms with Crippen LogP contribution in [0, 0.1) is 0 Å². The molecule has 0 bridgehead atoms. The molecule has 2 aromatic carbocycles. The van der Waals surface area contributed by atoms with Crippen LogP contribution in [0.5, 0.6) is 11.5 Å². The van der Waals surface area contributed by atoms with Crippen molar-refractivity contribution in [3.63, 3.8) is 0 Å². The zero-order valence-corrected chi connectivity index (χ0v) is 23.1. The Bertz CT molecular complexity index is 754. The molecule has 0 heterocycles. The summed E-state index contributed by atoms with van der Waals surface area (Å²) in [5.74, 6) is 1.55. The van der Waals surface area contributed by atoms with E-state index in [1.54, 1.807) is 14.2 Å². The van der Waals surface area contributed by atoms with Crippen molar-refractivity contribution in [3.05, 3.63) is 42.2 Å². The molecule has 0 fully saturated rings. The van der Waals surface area contributed by atoms with Crippen LogP contribution < -0.4 is 20.1 Å². The number of hydrogen-bond acceptors (Lipinski definition) is 4. The fraction of sp³-hybridized carbons (Fsp3) is 0.368. The van der Waals surface area contributed by atoms with Crippen molar-refractivity contribution in [2.24, 2.45) is 0 Å². The van der Waals surface area contributed by atoms with Gasteiger partial charge < -0.3 is 18.9 Å². The monoisotopic (exact) mass is 660 g/mol. The van der Waals surface area contributed by atoms with Gasteiger partial charge in [0.15, 0.2) is 13.6 Å². The van der Waals surface area contributed by atoms with E-state index in [1.807, 2.05) is 12.1 Å². The third-order valence-electron chi connectivity index (χ3n) is 3.66. The average molecular weight is 664 g/mol. The molecule has 154 valence electrons. The van der Waals surface area contributed by atoms with Gasteiger partial charge in [-0.2, -0.15) is 0 Å². The highest BCUT2D eigenvalue weighted by atomic mass is 79.9. The van der Waals surface area contributed by atoms with Crippen molar-refractivity contribution < 1.29 is 18.9 Å². The van der Waals surface area contributed by atoms with Crippen LogP contribution in [0.3, 0.4) is 0 Å². The number of hydrogen-bond donors (Lipinski definition) is 0. The van der Waals surface area contributed by atoms with Crippen LogP contribution in [0.2, 0.25) is 0 Å². The lowest BCUT2D eigenvalue weighted by Crippen LogP contribution is -2.23. The van der Waals surface area contributed by atoms with Crippen LogP contribution in [-0.4, -0.2) is 33.5 Å². The Balaban J connectivity index is 2.71. The first-order chi connectivity index (χ1) is 13.3. The van der Waals surface area contributed by atoms with Crippen molar-refractivity contribution >= 4 is 82.3 Å². The predicted molar refractivity (Wildman–Crippen MR) is 130 cm³/mol. The van der Waals surface area contributed by atoms with E-state index in [9.17, 15) is 0 Å².